The summed E-state index contributed by atoms with van der Waals surface area (Å²) in [6.45, 7) is 16.8. The predicted molar refractivity (Wildman–Crippen MR) is 150 cm³/mol. The zero-order chi connectivity index (χ0) is 25.5. The molecule has 2 atom stereocenters. The quantitative estimate of drug-likeness (QED) is 0.316. The van der Waals surface area contributed by atoms with Crippen molar-refractivity contribution in [1.29, 1.82) is 0 Å². The minimum absolute atomic E-state index is 0.401. The topological polar surface area (TPSA) is 64.9 Å². The maximum atomic E-state index is 6.13. The molecule has 0 saturated heterocycles. The van der Waals surface area contributed by atoms with Crippen molar-refractivity contribution >= 4 is 5.57 Å². The molecule has 0 spiro atoms. The third kappa shape index (κ3) is 9.99. The SMILES string of the molecule is C=C/C(=C\C(CCC(CCC(C)CC)Cc1ccnc(C)c1)=C(N)N)c1ccccc1C.CC. The Bertz CT molecular complexity index is 935. The molecule has 2 unspecified atom stereocenters. The van der Waals surface area contributed by atoms with Crippen LogP contribution in [0.1, 0.15) is 82.2 Å². The average molecular weight is 462 g/mol. The van der Waals surface area contributed by atoms with E-state index in [4.69, 9.17) is 11.5 Å². The van der Waals surface area contributed by atoms with Crippen molar-refractivity contribution in [3.63, 3.8) is 0 Å². The van der Waals surface area contributed by atoms with Crippen LogP contribution in [-0.4, -0.2) is 4.98 Å². The van der Waals surface area contributed by atoms with Gasteiger partial charge in [-0.3, -0.25) is 4.98 Å². The second-order valence-corrected chi connectivity index (χ2v) is 9.10. The van der Waals surface area contributed by atoms with Gasteiger partial charge in [0.2, 0.25) is 0 Å². The van der Waals surface area contributed by atoms with E-state index in [0.29, 0.717) is 11.7 Å². The lowest BCUT2D eigenvalue weighted by Crippen LogP contribution is -2.14. The van der Waals surface area contributed by atoms with Crippen molar-refractivity contribution in [3.05, 3.63) is 95.1 Å². The Morgan fingerprint density at radius 3 is 2.35 bits per heavy atom. The highest BCUT2D eigenvalue weighted by Gasteiger charge is 2.14. The summed E-state index contributed by atoms with van der Waals surface area (Å²) >= 11 is 0. The molecule has 34 heavy (non-hydrogen) atoms. The molecular formula is C31H47N3. The van der Waals surface area contributed by atoms with Gasteiger partial charge in [-0.2, -0.15) is 0 Å². The van der Waals surface area contributed by atoms with Crippen LogP contribution in [-0.2, 0) is 6.42 Å². The summed E-state index contributed by atoms with van der Waals surface area (Å²) < 4.78 is 0. The van der Waals surface area contributed by atoms with Crippen LogP contribution >= 0.6 is 0 Å². The summed E-state index contributed by atoms with van der Waals surface area (Å²) in [4.78, 5) is 4.35. The fraction of sp³-hybridized carbons (Fsp3) is 0.452. The number of allylic oxidation sites excluding steroid dienone is 4. The number of pyridine rings is 1. The molecule has 1 aromatic carbocycles. The van der Waals surface area contributed by atoms with Crippen molar-refractivity contribution in [2.24, 2.45) is 23.3 Å². The van der Waals surface area contributed by atoms with Crippen molar-refractivity contribution < 1.29 is 0 Å². The van der Waals surface area contributed by atoms with Crippen LogP contribution in [0.4, 0.5) is 0 Å². The van der Waals surface area contributed by atoms with Crippen LogP contribution in [0, 0.1) is 25.7 Å². The first-order chi connectivity index (χ1) is 16.3. The molecule has 3 nitrogen and oxygen atoms in total. The molecule has 0 aliphatic rings. The van der Waals surface area contributed by atoms with Gasteiger partial charge in [0.15, 0.2) is 0 Å². The fourth-order valence-electron chi connectivity index (χ4n) is 4.13. The summed E-state index contributed by atoms with van der Waals surface area (Å²) in [6, 6.07) is 12.7. The zero-order valence-electron chi connectivity index (χ0n) is 22.4. The summed E-state index contributed by atoms with van der Waals surface area (Å²) in [7, 11) is 0. The third-order valence-electron chi connectivity index (χ3n) is 6.45. The monoisotopic (exact) mass is 461 g/mol. The highest BCUT2D eigenvalue weighted by molar-refractivity contribution is 5.77. The first kappa shape index (κ1) is 29.2. The van der Waals surface area contributed by atoms with Gasteiger partial charge in [0.05, 0.1) is 5.82 Å². The number of rotatable bonds is 12. The predicted octanol–water partition coefficient (Wildman–Crippen LogP) is 7.89. The van der Waals surface area contributed by atoms with E-state index in [-0.39, 0.29) is 0 Å². The van der Waals surface area contributed by atoms with Gasteiger partial charge >= 0.3 is 0 Å². The van der Waals surface area contributed by atoms with Crippen LogP contribution in [0.5, 0.6) is 0 Å². The van der Waals surface area contributed by atoms with Crippen LogP contribution in [0.2, 0.25) is 0 Å². The van der Waals surface area contributed by atoms with Gasteiger partial charge in [-0.15, -0.1) is 0 Å². The van der Waals surface area contributed by atoms with E-state index in [2.05, 4.69) is 81.7 Å². The van der Waals surface area contributed by atoms with Crippen molar-refractivity contribution in [3.8, 4) is 0 Å². The van der Waals surface area contributed by atoms with Crippen LogP contribution in [0.25, 0.3) is 5.57 Å². The molecule has 0 saturated carbocycles. The highest BCUT2D eigenvalue weighted by Crippen LogP contribution is 2.28. The number of hydrogen-bond acceptors (Lipinski definition) is 3. The minimum atomic E-state index is 0.401. The number of nitrogens with two attached hydrogens (primary N) is 2. The number of nitrogens with zero attached hydrogens (tertiary/aromatic N) is 1. The molecule has 1 aromatic heterocycles. The van der Waals surface area contributed by atoms with Gasteiger partial charge < -0.3 is 11.5 Å². The lowest BCUT2D eigenvalue weighted by molar-refractivity contribution is 0.382. The molecule has 0 aliphatic carbocycles. The minimum Gasteiger partial charge on any atom is -0.385 e. The fourth-order valence-corrected chi connectivity index (χ4v) is 4.13. The Balaban J connectivity index is 0.00000281. The number of hydrogen-bond donors (Lipinski definition) is 2. The van der Waals surface area contributed by atoms with Gasteiger partial charge in [0, 0.05) is 11.9 Å². The summed E-state index contributed by atoms with van der Waals surface area (Å²) in [6.07, 6.45) is 12.6. The smallest absolute Gasteiger partial charge is 0.0966 e. The van der Waals surface area contributed by atoms with Crippen molar-refractivity contribution in [2.45, 2.75) is 80.1 Å². The molecule has 186 valence electrons. The van der Waals surface area contributed by atoms with E-state index in [1.54, 1.807) is 0 Å². The van der Waals surface area contributed by atoms with Gasteiger partial charge in [-0.25, -0.2) is 0 Å². The van der Waals surface area contributed by atoms with Crippen LogP contribution in [0.15, 0.2) is 72.7 Å². The molecular weight excluding hydrogens is 414 g/mol. The third-order valence-corrected chi connectivity index (χ3v) is 6.45. The standard InChI is InChI=1S/C29H41N3.C2H6/c1-6-21(3)12-13-24(19-25-16-17-32-23(5)18-25)14-15-27(29(30)31)20-26(7-2)28-11-9-8-10-22(28)4;1-2/h7-11,16-18,20-21,24H,2,6,12-15,19,30-31H2,1,3-5H3;1-2H3/b26-20+;. The zero-order valence-corrected chi connectivity index (χ0v) is 22.4. The Kier molecular flexibility index (Phi) is 13.7. The van der Waals surface area contributed by atoms with Gasteiger partial charge in [0.25, 0.3) is 0 Å². The normalized spacial score (nSPS) is 12.8. The summed E-state index contributed by atoms with van der Waals surface area (Å²) in [5.74, 6) is 1.73. The van der Waals surface area contributed by atoms with E-state index in [1.165, 1.54) is 36.0 Å². The van der Waals surface area contributed by atoms with E-state index in [9.17, 15) is 0 Å². The molecule has 3 heteroatoms. The molecule has 0 fully saturated rings. The Hall–Kier alpha value is -2.81. The molecule has 2 aromatic rings. The Labute approximate surface area is 209 Å². The Morgan fingerprint density at radius 2 is 1.76 bits per heavy atom. The maximum absolute atomic E-state index is 6.13. The van der Waals surface area contributed by atoms with Gasteiger partial charge in [-0.05, 0) is 97.4 Å². The van der Waals surface area contributed by atoms with Crippen LogP contribution < -0.4 is 11.5 Å². The van der Waals surface area contributed by atoms with Crippen molar-refractivity contribution in [2.75, 3.05) is 0 Å². The molecule has 0 radical (unpaired) electrons. The summed E-state index contributed by atoms with van der Waals surface area (Å²) in [5, 5.41) is 0. The lowest BCUT2D eigenvalue weighted by atomic mass is 9.86. The first-order valence-electron chi connectivity index (χ1n) is 12.9. The number of benzene rings is 1. The second-order valence-electron chi connectivity index (χ2n) is 9.10. The van der Waals surface area contributed by atoms with Gasteiger partial charge in [-0.1, -0.05) is 77.5 Å². The van der Waals surface area contributed by atoms with E-state index in [1.807, 2.05) is 26.1 Å². The molecule has 0 aliphatic heterocycles. The largest absolute Gasteiger partial charge is 0.385 e. The highest BCUT2D eigenvalue weighted by atomic mass is 14.8. The second kappa shape index (κ2) is 15.9. The summed E-state index contributed by atoms with van der Waals surface area (Å²) in [5.41, 5.74) is 19.1. The molecule has 1 heterocycles. The van der Waals surface area contributed by atoms with Gasteiger partial charge in [0.1, 0.15) is 0 Å². The van der Waals surface area contributed by atoms with E-state index in [0.717, 1.165) is 42.0 Å². The first-order valence-corrected chi connectivity index (χ1v) is 12.9. The lowest BCUT2D eigenvalue weighted by Gasteiger charge is -2.20. The molecule has 0 amide bonds. The number of aryl methyl sites for hydroxylation is 2. The maximum Gasteiger partial charge on any atom is 0.0966 e. The van der Waals surface area contributed by atoms with E-state index >= 15 is 0 Å². The van der Waals surface area contributed by atoms with Crippen LogP contribution in [0.3, 0.4) is 0 Å². The van der Waals surface area contributed by atoms with Crippen molar-refractivity contribution in [1.82, 2.24) is 4.98 Å². The van der Waals surface area contributed by atoms with E-state index < -0.39 is 0 Å². The number of aromatic nitrogens is 1. The Morgan fingerprint density at radius 1 is 1.06 bits per heavy atom. The molecule has 0 bridgehead atoms. The average Bonchev–Trinajstić information content (AvgIpc) is 2.84. The molecule has 4 N–H and O–H groups in total. The molecule has 2 rings (SSSR count).